The maximum absolute atomic E-state index is 5.50. The number of nitrogens with one attached hydrogen (secondary N) is 1. The van der Waals surface area contributed by atoms with Gasteiger partial charge in [0.15, 0.2) is 0 Å². The Morgan fingerprint density at radius 3 is 2.76 bits per heavy atom. The van der Waals surface area contributed by atoms with E-state index in [9.17, 15) is 0 Å². The fourth-order valence-corrected chi connectivity index (χ4v) is 2.77. The molecule has 1 rings (SSSR count). The summed E-state index contributed by atoms with van der Waals surface area (Å²) in [5, 5.41) is 3.67. The lowest BCUT2D eigenvalue weighted by atomic mass is 10.0. The summed E-state index contributed by atoms with van der Waals surface area (Å²) >= 11 is 0. The molecule has 0 spiro atoms. The van der Waals surface area contributed by atoms with Gasteiger partial charge in [0.2, 0.25) is 0 Å². The van der Waals surface area contributed by atoms with E-state index < -0.39 is 0 Å². The lowest BCUT2D eigenvalue weighted by molar-refractivity contribution is 0.0106. The van der Waals surface area contributed by atoms with E-state index in [1.165, 1.54) is 32.2 Å². The molecule has 0 aromatic carbocycles. The van der Waals surface area contributed by atoms with Crippen molar-refractivity contribution >= 4 is 0 Å². The first kappa shape index (κ1) is 14.9. The van der Waals surface area contributed by atoms with Crippen LogP contribution < -0.4 is 5.32 Å². The predicted molar refractivity (Wildman–Crippen MR) is 73.4 cm³/mol. The van der Waals surface area contributed by atoms with Crippen LogP contribution in [0.3, 0.4) is 0 Å². The molecule has 0 radical (unpaired) electrons. The molecular formula is C14H30N2O. The van der Waals surface area contributed by atoms with Crippen molar-refractivity contribution < 1.29 is 4.74 Å². The largest absolute Gasteiger partial charge is 0.380 e. The second-order valence-corrected chi connectivity index (χ2v) is 5.20. The SMILES string of the molecule is CCCNC(CC)C(C)N1CCCC(OC)C1. The number of nitrogens with zero attached hydrogens (tertiary/aromatic N) is 1. The molecule has 1 saturated heterocycles. The molecule has 1 fully saturated rings. The van der Waals surface area contributed by atoms with Crippen LogP contribution in [0.2, 0.25) is 0 Å². The van der Waals surface area contributed by atoms with Gasteiger partial charge in [-0.3, -0.25) is 4.90 Å². The Balaban J connectivity index is 2.45. The van der Waals surface area contributed by atoms with Gasteiger partial charge in [-0.15, -0.1) is 0 Å². The first-order valence-corrected chi connectivity index (χ1v) is 7.23. The van der Waals surface area contributed by atoms with Gasteiger partial charge in [0.1, 0.15) is 0 Å². The van der Waals surface area contributed by atoms with E-state index in [0.29, 0.717) is 18.2 Å². The summed E-state index contributed by atoms with van der Waals surface area (Å²) in [4.78, 5) is 2.59. The van der Waals surface area contributed by atoms with Crippen molar-refractivity contribution in [3.63, 3.8) is 0 Å². The van der Waals surface area contributed by atoms with Crippen LogP contribution in [0.1, 0.15) is 46.5 Å². The van der Waals surface area contributed by atoms with Crippen molar-refractivity contribution in [2.24, 2.45) is 0 Å². The molecule has 0 aromatic heterocycles. The number of hydrogen-bond acceptors (Lipinski definition) is 3. The van der Waals surface area contributed by atoms with Crippen LogP contribution in [0.25, 0.3) is 0 Å². The molecule has 3 atom stereocenters. The predicted octanol–water partition coefficient (Wildman–Crippen LogP) is 2.26. The molecule has 3 unspecified atom stereocenters. The zero-order valence-electron chi connectivity index (χ0n) is 12.0. The molecular weight excluding hydrogens is 212 g/mol. The van der Waals surface area contributed by atoms with E-state index in [4.69, 9.17) is 4.74 Å². The Morgan fingerprint density at radius 1 is 1.41 bits per heavy atom. The Morgan fingerprint density at radius 2 is 2.18 bits per heavy atom. The number of piperidine rings is 1. The third kappa shape index (κ3) is 4.57. The number of methoxy groups -OCH3 is 1. The van der Waals surface area contributed by atoms with Crippen LogP contribution in [-0.4, -0.2) is 49.8 Å². The highest BCUT2D eigenvalue weighted by molar-refractivity contribution is 4.84. The molecule has 17 heavy (non-hydrogen) atoms. The summed E-state index contributed by atoms with van der Waals surface area (Å²) in [6.07, 6.45) is 5.35. The van der Waals surface area contributed by atoms with Gasteiger partial charge < -0.3 is 10.1 Å². The number of rotatable bonds is 7. The van der Waals surface area contributed by atoms with Crippen molar-refractivity contribution in [3.8, 4) is 0 Å². The van der Waals surface area contributed by atoms with E-state index in [0.717, 1.165) is 13.1 Å². The van der Waals surface area contributed by atoms with Crippen molar-refractivity contribution in [1.29, 1.82) is 0 Å². The second-order valence-electron chi connectivity index (χ2n) is 5.20. The molecule has 3 nitrogen and oxygen atoms in total. The van der Waals surface area contributed by atoms with Crippen LogP contribution >= 0.6 is 0 Å². The van der Waals surface area contributed by atoms with Crippen molar-refractivity contribution in [3.05, 3.63) is 0 Å². The normalized spacial score (nSPS) is 25.8. The monoisotopic (exact) mass is 242 g/mol. The van der Waals surface area contributed by atoms with Gasteiger partial charge in [-0.2, -0.15) is 0 Å². The molecule has 1 N–H and O–H groups in total. The van der Waals surface area contributed by atoms with Crippen molar-refractivity contribution in [2.45, 2.75) is 64.6 Å². The molecule has 1 aliphatic rings. The smallest absolute Gasteiger partial charge is 0.0698 e. The quantitative estimate of drug-likeness (QED) is 0.741. The van der Waals surface area contributed by atoms with Crippen LogP contribution in [0, 0.1) is 0 Å². The minimum Gasteiger partial charge on any atom is -0.380 e. The first-order chi connectivity index (χ1) is 8.22. The Labute approximate surface area is 107 Å². The lowest BCUT2D eigenvalue weighted by Gasteiger charge is -2.39. The zero-order chi connectivity index (χ0) is 12.7. The van der Waals surface area contributed by atoms with E-state index >= 15 is 0 Å². The number of hydrogen-bond donors (Lipinski definition) is 1. The standard InChI is InChI=1S/C14H30N2O/c1-5-9-15-14(6-2)12(3)16-10-7-8-13(11-16)17-4/h12-15H,5-11H2,1-4H3. The highest BCUT2D eigenvalue weighted by Gasteiger charge is 2.27. The van der Waals surface area contributed by atoms with Crippen LogP contribution in [0.4, 0.5) is 0 Å². The lowest BCUT2D eigenvalue weighted by Crippen LogP contribution is -2.52. The molecule has 0 amide bonds. The average molecular weight is 242 g/mol. The van der Waals surface area contributed by atoms with Gasteiger partial charge in [0.25, 0.3) is 0 Å². The molecule has 102 valence electrons. The molecule has 0 saturated carbocycles. The summed E-state index contributed by atoms with van der Waals surface area (Å²) in [5.74, 6) is 0. The summed E-state index contributed by atoms with van der Waals surface area (Å²) in [7, 11) is 1.84. The fourth-order valence-electron chi connectivity index (χ4n) is 2.77. The summed E-state index contributed by atoms with van der Waals surface area (Å²) in [6, 6.07) is 1.23. The summed E-state index contributed by atoms with van der Waals surface area (Å²) < 4.78 is 5.50. The van der Waals surface area contributed by atoms with Crippen LogP contribution in [0.15, 0.2) is 0 Å². The fraction of sp³-hybridized carbons (Fsp3) is 1.00. The summed E-state index contributed by atoms with van der Waals surface area (Å²) in [5.41, 5.74) is 0. The molecule has 0 aromatic rings. The van der Waals surface area contributed by atoms with Crippen LogP contribution in [0.5, 0.6) is 0 Å². The maximum atomic E-state index is 5.50. The Bertz CT molecular complexity index is 199. The Kier molecular flexibility index (Phi) is 7.09. The van der Waals surface area contributed by atoms with E-state index in [1.807, 2.05) is 7.11 Å². The minimum atomic E-state index is 0.440. The third-order valence-electron chi connectivity index (χ3n) is 4.00. The van der Waals surface area contributed by atoms with Gasteiger partial charge in [0.05, 0.1) is 6.10 Å². The number of likely N-dealkylation sites (tertiary alicyclic amines) is 1. The highest BCUT2D eigenvalue weighted by Crippen LogP contribution is 2.17. The van der Waals surface area contributed by atoms with E-state index in [2.05, 4.69) is 31.0 Å². The third-order valence-corrected chi connectivity index (χ3v) is 4.00. The minimum absolute atomic E-state index is 0.440. The maximum Gasteiger partial charge on any atom is 0.0698 e. The van der Waals surface area contributed by atoms with Gasteiger partial charge in [-0.1, -0.05) is 13.8 Å². The first-order valence-electron chi connectivity index (χ1n) is 7.23. The molecule has 1 aliphatic heterocycles. The van der Waals surface area contributed by atoms with Crippen molar-refractivity contribution in [1.82, 2.24) is 10.2 Å². The molecule has 0 bridgehead atoms. The topological polar surface area (TPSA) is 24.5 Å². The average Bonchev–Trinajstić information content (AvgIpc) is 2.39. The van der Waals surface area contributed by atoms with E-state index in [1.54, 1.807) is 0 Å². The van der Waals surface area contributed by atoms with E-state index in [-0.39, 0.29) is 0 Å². The van der Waals surface area contributed by atoms with Gasteiger partial charge >= 0.3 is 0 Å². The Hall–Kier alpha value is -0.120. The zero-order valence-corrected chi connectivity index (χ0v) is 12.0. The second kappa shape index (κ2) is 8.06. The van der Waals surface area contributed by atoms with Crippen molar-refractivity contribution in [2.75, 3.05) is 26.7 Å². The summed E-state index contributed by atoms with van der Waals surface area (Å²) in [6.45, 7) is 10.3. The highest BCUT2D eigenvalue weighted by atomic mass is 16.5. The van der Waals surface area contributed by atoms with Crippen LogP contribution in [-0.2, 0) is 4.74 Å². The van der Waals surface area contributed by atoms with Gasteiger partial charge in [-0.05, 0) is 45.7 Å². The van der Waals surface area contributed by atoms with Gasteiger partial charge in [0, 0.05) is 25.7 Å². The molecule has 3 heteroatoms. The molecule has 1 heterocycles. The van der Waals surface area contributed by atoms with Gasteiger partial charge in [-0.25, -0.2) is 0 Å². The number of ether oxygens (including phenoxy) is 1. The molecule has 0 aliphatic carbocycles.